The molecule has 1 N–H and O–H groups in total. The molecule has 1 saturated carbocycles. The lowest BCUT2D eigenvalue weighted by molar-refractivity contribution is 0.571. The Balaban J connectivity index is 1.88. The maximum atomic E-state index is 13.2. The highest BCUT2D eigenvalue weighted by Crippen LogP contribution is 2.35. The molecule has 0 saturated heterocycles. The highest BCUT2D eigenvalue weighted by Gasteiger charge is 2.24. The van der Waals surface area contributed by atoms with Crippen molar-refractivity contribution in [2.24, 2.45) is 0 Å². The number of anilines is 1. The van der Waals surface area contributed by atoms with Crippen molar-refractivity contribution >= 4 is 27.5 Å². The van der Waals surface area contributed by atoms with Crippen molar-refractivity contribution in [2.45, 2.75) is 77.3 Å². The molecule has 0 aromatic carbocycles. The average molecular weight is 331 g/mol. The SMILES string of the molecule is CC(C)n1c(NC2CCCC2)nc2sc3c(c2c1=O)CCCC3. The molecule has 0 amide bonds. The molecule has 0 atom stereocenters. The maximum Gasteiger partial charge on any atom is 0.264 e. The molecule has 5 heteroatoms. The van der Waals surface area contributed by atoms with Gasteiger partial charge in [0.15, 0.2) is 0 Å². The van der Waals surface area contributed by atoms with Gasteiger partial charge in [0.05, 0.1) is 5.39 Å². The zero-order valence-electron chi connectivity index (χ0n) is 14.0. The molecule has 2 aliphatic carbocycles. The molecule has 124 valence electrons. The molecule has 2 aromatic heterocycles. The highest BCUT2D eigenvalue weighted by molar-refractivity contribution is 7.18. The van der Waals surface area contributed by atoms with Gasteiger partial charge < -0.3 is 5.32 Å². The van der Waals surface area contributed by atoms with Crippen LogP contribution in [-0.4, -0.2) is 15.6 Å². The third-order valence-electron chi connectivity index (χ3n) is 5.23. The summed E-state index contributed by atoms with van der Waals surface area (Å²) in [6.45, 7) is 4.15. The van der Waals surface area contributed by atoms with E-state index in [4.69, 9.17) is 4.98 Å². The summed E-state index contributed by atoms with van der Waals surface area (Å²) >= 11 is 1.74. The van der Waals surface area contributed by atoms with Crippen LogP contribution in [0, 0.1) is 0 Å². The van der Waals surface area contributed by atoms with Gasteiger partial charge in [-0.25, -0.2) is 4.98 Å². The second-order valence-electron chi connectivity index (χ2n) is 7.22. The Morgan fingerprint density at radius 2 is 1.91 bits per heavy atom. The largest absolute Gasteiger partial charge is 0.353 e. The summed E-state index contributed by atoms with van der Waals surface area (Å²) in [5.74, 6) is 0.781. The zero-order valence-corrected chi connectivity index (χ0v) is 14.8. The fraction of sp³-hybridized carbons (Fsp3) is 0.667. The first kappa shape index (κ1) is 15.2. The van der Waals surface area contributed by atoms with Gasteiger partial charge in [0.2, 0.25) is 5.95 Å². The van der Waals surface area contributed by atoms with Crippen molar-refractivity contribution < 1.29 is 0 Å². The third-order valence-corrected chi connectivity index (χ3v) is 6.41. The number of thiophene rings is 1. The second kappa shape index (κ2) is 5.93. The minimum atomic E-state index is 0.127. The van der Waals surface area contributed by atoms with Crippen LogP contribution in [-0.2, 0) is 12.8 Å². The van der Waals surface area contributed by atoms with Crippen molar-refractivity contribution in [3.05, 3.63) is 20.8 Å². The van der Waals surface area contributed by atoms with Crippen LogP contribution < -0.4 is 10.9 Å². The number of aromatic nitrogens is 2. The molecule has 23 heavy (non-hydrogen) atoms. The van der Waals surface area contributed by atoms with E-state index in [1.807, 2.05) is 4.57 Å². The summed E-state index contributed by atoms with van der Waals surface area (Å²) in [6.07, 6.45) is 9.52. The Morgan fingerprint density at radius 1 is 1.17 bits per heavy atom. The molecule has 0 aliphatic heterocycles. The summed E-state index contributed by atoms with van der Waals surface area (Å²) in [5, 5.41) is 4.46. The minimum Gasteiger partial charge on any atom is -0.353 e. The summed E-state index contributed by atoms with van der Waals surface area (Å²) in [4.78, 5) is 20.4. The Morgan fingerprint density at radius 3 is 2.65 bits per heavy atom. The van der Waals surface area contributed by atoms with Gasteiger partial charge in [-0.2, -0.15) is 0 Å². The van der Waals surface area contributed by atoms with Crippen molar-refractivity contribution in [1.82, 2.24) is 9.55 Å². The average Bonchev–Trinajstić information content (AvgIpc) is 3.13. The summed E-state index contributed by atoms with van der Waals surface area (Å²) in [7, 11) is 0. The molecule has 1 fully saturated rings. The summed E-state index contributed by atoms with van der Waals surface area (Å²) in [5.41, 5.74) is 1.44. The van der Waals surface area contributed by atoms with Crippen LogP contribution in [0.25, 0.3) is 10.2 Å². The van der Waals surface area contributed by atoms with E-state index in [-0.39, 0.29) is 11.6 Å². The molecule has 4 rings (SSSR count). The molecule has 2 aliphatic rings. The topological polar surface area (TPSA) is 46.9 Å². The molecule has 4 nitrogen and oxygen atoms in total. The van der Waals surface area contributed by atoms with Gasteiger partial charge in [-0.3, -0.25) is 9.36 Å². The number of hydrogen-bond acceptors (Lipinski definition) is 4. The van der Waals surface area contributed by atoms with E-state index in [9.17, 15) is 4.79 Å². The van der Waals surface area contributed by atoms with Crippen molar-refractivity contribution in [1.29, 1.82) is 0 Å². The monoisotopic (exact) mass is 331 g/mol. The quantitative estimate of drug-likeness (QED) is 0.913. The van der Waals surface area contributed by atoms with Crippen LogP contribution in [0.1, 0.15) is 68.9 Å². The first-order valence-corrected chi connectivity index (χ1v) is 9.80. The van der Waals surface area contributed by atoms with E-state index in [0.29, 0.717) is 6.04 Å². The number of hydrogen-bond donors (Lipinski definition) is 1. The number of aryl methyl sites for hydroxylation is 2. The number of nitrogens with zero attached hydrogens (tertiary/aromatic N) is 2. The third kappa shape index (κ3) is 2.59. The molecule has 0 bridgehead atoms. The molecule has 0 unspecified atom stereocenters. The molecule has 2 aromatic rings. The smallest absolute Gasteiger partial charge is 0.264 e. The predicted octanol–water partition coefficient (Wildman–Crippen LogP) is 4.27. The summed E-state index contributed by atoms with van der Waals surface area (Å²) < 4.78 is 1.88. The van der Waals surface area contributed by atoms with E-state index in [1.54, 1.807) is 11.3 Å². The van der Waals surface area contributed by atoms with Crippen molar-refractivity contribution in [3.63, 3.8) is 0 Å². The lowest BCUT2D eigenvalue weighted by Gasteiger charge is -2.20. The van der Waals surface area contributed by atoms with Crippen LogP contribution in [0.2, 0.25) is 0 Å². The van der Waals surface area contributed by atoms with Crippen LogP contribution in [0.15, 0.2) is 4.79 Å². The van der Waals surface area contributed by atoms with Gasteiger partial charge in [-0.05, 0) is 57.9 Å². The van der Waals surface area contributed by atoms with E-state index in [0.717, 1.165) is 29.0 Å². The standard InChI is InChI=1S/C18H25N3OS/c1-11(2)21-17(22)15-13-9-5-6-10-14(13)23-16(15)20-18(21)19-12-7-3-4-8-12/h11-12H,3-10H2,1-2H3,(H,19,20). The van der Waals surface area contributed by atoms with Crippen LogP contribution in [0.4, 0.5) is 5.95 Å². The molecule has 0 radical (unpaired) electrons. The first-order valence-electron chi connectivity index (χ1n) is 8.98. The van der Waals surface area contributed by atoms with Gasteiger partial charge in [-0.1, -0.05) is 12.8 Å². The minimum absolute atomic E-state index is 0.127. The van der Waals surface area contributed by atoms with Crippen LogP contribution >= 0.6 is 11.3 Å². The molecule has 2 heterocycles. The Kier molecular flexibility index (Phi) is 3.92. The zero-order chi connectivity index (χ0) is 16.0. The van der Waals surface area contributed by atoms with Gasteiger partial charge >= 0.3 is 0 Å². The highest BCUT2D eigenvalue weighted by atomic mass is 32.1. The lowest BCUT2D eigenvalue weighted by atomic mass is 9.97. The van der Waals surface area contributed by atoms with Gasteiger partial charge in [-0.15, -0.1) is 11.3 Å². The normalized spacial score (nSPS) is 18.7. The molecule has 0 spiro atoms. The lowest BCUT2D eigenvalue weighted by Crippen LogP contribution is -2.29. The number of nitrogens with one attached hydrogen (secondary N) is 1. The Bertz CT molecular complexity index is 784. The predicted molar refractivity (Wildman–Crippen MR) is 96.8 cm³/mol. The van der Waals surface area contributed by atoms with Gasteiger partial charge in [0, 0.05) is 17.0 Å². The molecular weight excluding hydrogens is 306 g/mol. The number of fused-ring (bicyclic) bond motifs is 3. The van der Waals surface area contributed by atoms with Crippen molar-refractivity contribution in [2.75, 3.05) is 5.32 Å². The van der Waals surface area contributed by atoms with Gasteiger partial charge in [0.25, 0.3) is 5.56 Å². The first-order chi connectivity index (χ1) is 11.1. The Hall–Kier alpha value is -1.36. The van der Waals surface area contributed by atoms with E-state index >= 15 is 0 Å². The fourth-order valence-corrected chi connectivity index (χ4v) is 5.30. The molecular formula is C18H25N3OS. The van der Waals surface area contributed by atoms with Crippen molar-refractivity contribution in [3.8, 4) is 0 Å². The van der Waals surface area contributed by atoms with Crippen LogP contribution in [0.3, 0.4) is 0 Å². The van der Waals surface area contributed by atoms with Crippen LogP contribution in [0.5, 0.6) is 0 Å². The van der Waals surface area contributed by atoms with Gasteiger partial charge in [0.1, 0.15) is 4.83 Å². The maximum absolute atomic E-state index is 13.2. The Labute approximate surface area is 140 Å². The van der Waals surface area contributed by atoms with E-state index in [1.165, 1.54) is 49.0 Å². The number of rotatable bonds is 3. The fourth-order valence-electron chi connectivity index (χ4n) is 4.05. The van der Waals surface area contributed by atoms with E-state index < -0.39 is 0 Å². The van der Waals surface area contributed by atoms with E-state index in [2.05, 4.69) is 19.2 Å². The summed E-state index contributed by atoms with van der Waals surface area (Å²) in [6, 6.07) is 0.599. The second-order valence-corrected chi connectivity index (χ2v) is 8.30.